The first kappa shape index (κ1) is 24.1. The maximum Gasteiger partial charge on any atom is 0.235 e. The molecule has 1 aliphatic rings. The normalized spacial score (nSPS) is 14.3. The lowest BCUT2D eigenvalue weighted by molar-refractivity contribution is 0.223. The molecule has 0 bridgehead atoms. The van der Waals surface area contributed by atoms with Crippen molar-refractivity contribution in [3.05, 3.63) is 94.8 Å². The van der Waals surface area contributed by atoms with Crippen molar-refractivity contribution < 1.29 is 9.15 Å². The van der Waals surface area contributed by atoms with E-state index in [0.29, 0.717) is 23.3 Å². The molecule has 0 N–H and O–H groups in total. The van der Waals surface area contributed by atoms with E-state index in [1.165, 1.54) is 0 Å². The van der Waals surface area contributed by atoms with E-state index in [1.807, 2.05) is 79.9 Å². The molecular weight excluding hydrogens is 476 g/mol. The van der Waals surface area contributed by atoms with E-state index < -0.39 is 0 Å². The van der Waals surface area contributed by atoms with Gasteiger partial charge in [-0.15, -0.1) is 0 Å². The topological polar surface area (TPSA) is 71.7 Å². The average molecular weight is 507 g/mol. The number of piperazine rings is 1. The summed E-state index contributed by atoms with van der Waals surface area (Å²) in [7, 11) is 0. The maximum absolute atomic E-state index is 13.3. The minimum absolute atomic E-state index is 0.132. The van der Waals surface area contributed by atoms with Crippen LogP contribution in [0.2, 0.25) is 0 Å². The Bertz CT molecular complexity index is 1620. The first-order valence-corrected chi connectivity index (χ1v) is 13.1. The van der Waals surface area contributed by atoms with Crippen LogP contribution in [0.5, 0.6) is 5.75 Å². The van der Waals surface area contributed by atoms with Gasteiger partial charge in [0.05, 0.1) is 29.2 Å². The van der Waals surface area contributed by atoms with Gasteiger partial charge in [0.15, 0.2) is 5.76 Å². The zero-order valence-corrected chi connectivity index (χ0v) is 21.5. The fraction of sp³-hybridized carbons (Fsp3) is 0.258. The van der Waals surface area contributed by atoms with Crippen LogP contribution in [0.25, 0.3) is 33.3 Å². The third-order valence-corrected chi connectivity index (χ3v) is 7.07. The Balaban J connectivity index is 1.09. The van der Waals surface area contributed by atoms with Gasteiger partial charge in [-0.1, -0.05) is 54.1 Å². The van der Waals surface area contributed by atoms with Crippen LogP contribution in [-0.4, -0.2) is 54.2 Å². The van der Waals surface area contributed by atoms with E-state index in [4.69, 9.17) is 14.1 Å². The zero-order valence-electron chi connectivity index (χ0n) is 21.5. The highest BCUT2D eigenvalue weighted by atomic mass is 16.5. The van der Waals surface area contributed by atoms with E-state index in [1.54, 1.807) is 6.07 Å². The third kappa shape index (κ3) is 4.97. The number of nitrogens with zero attached hydrogens (tertiary/aromatic N) is 4. The molecule has 5 aromatic rings. The number of rotatable bonds is 7. The highest BCUT2D eigenvalue weighted by Gasteiger charge is 2.20. The van der Waals surface area contributed by atoms with Crippen molar-refractivity contribution >= 4 is 27.8 Å². The smallest absolute Gasteiger partial charge is 0.235 e. The Morgan fingerprint density at radius 1 is 0.895 bits per heavy atom. The number of para-hydroxylation sites is 3. The van der Waals surface area contributed by atoms with Gasteiger partial charge >= 0.3 is 0 Å². The van der Waals surface area contributed by atoms with Gasteiger partial charge in [-0.25, -0.2) is 4.98 Å². The van der Waals surface area contributed by atoms with Crippen molar-refractivity contribution in [2.75, 3.05) is 44.2 Å². The quantitative estimate of drug-likeness (QED) is 0.277. The van der Waals surface area contributed by atoms with Gasteiger partial charge in [0.25, 0.3) is 0 Å². The van der Waals surface area contributed by atoms with E-state index >= 15 is 0 Å². The summed E-state index contributed by atoms with van der Waals surface area (Å²) in [5, 5.41) is 0.534. The van der Waals surface area contributed by atoms with Gasteiger partial charge in [-0.2, -0.15) is 0 Å². The molecule has 0 unspecified atom stereocenters. The second-order valence-electron chi connectivity index (χ2n) is 9.70. The molecule has 6 rings (SSSR count). The molecule has 7 nitrogen and oxygen atoms in total. The Morgan fingerprint density at radius 3 is 2.45 bits per heavy atom. The van der Waals surface area contributed by atoms with Crippen molar-refractivity contribution in [3.8, 4) is 17.1 Å². The average Bonchev–Trinajstić information content (AvgIpc) is 2.97. The number of ether oxygens (including phenoxy) is 1. The standard InChI is InChI=1S/C31H30N4O3/c1-22-11-13-23(14-12-22)30-31(29(36)24-7-2-5-10-27(24)38-30)37-20-6-15-34-16-18-35(19-17-34)28-21-32-25-8-3-4-9-26(25)33-28/h2-5,7-14,21H,6,15-20H2,1H3. The number of benzene rings is 3. The fourth-order valence-electron chi connectivity index (χ4n) is 4.91. The summed E-state index contributed by atoms with van der Waals surface area (Å²) >= 11 is 0. The van der Waals surface area contributed by atoms with Crippen LogP contribution in [0, 0.1) is 6.92 Å². The zero-order chi connectivity index (χ0) is 25.9. The molecule has 0 aliphatic carbocycles. The second kappa shape index (κ2) is 10.6. The molecule has 1 fully saturated rings. The summed E-state index contributed by atoms with van der Waals surface area (Å²) in [5.74, 6) is 1.70. The summed E-state index contributed by atoms with van der Waals surface area (Å²) in [5.41, 5.74) is 4.25. The highest BCUT2D eigenvalue weighted by Crippen LogP contribution is 2.31. The van der Waals surface area contributed by atoms with E-state index in [-0.39, 0.29) is 11.2 Å². The molecule has 0 saturated carbocycles. The minimum Gasteiger partial charge on any atom is -0.486 e. The number of fused-ring (bicyclic) bond motifs is 2. The van der Waals surface area contributed by atoms with Crippen molar-refractivity contribution in [2.45, 2.75) is 13.3 Å². The maximum atomic E-state index is 13.3. The molecule has 192 valence electrons. The summed E-state index contributed by atoms with van der Waals surface area (Å²) in [6, 6.07) is 23.2. The molecule has 3 aromatic carbocycles. The predicted octanol–water partition coefficient (Wildman–Crippen LogP) is 5.30. The van der Waals surface area contributed by atoms with Gasteiger partial charge < -0.3 is 14.1 Å². The van der Waals surface area contributed by atoms with Crippen molar-refractivity contribution in [3.63, 3.8) is 0 Å². The molecule has 38 heavy (non-hydrogen) atoms. The van der Waals surface area contributed by atoms with E-state index in [9.17, 15) is 4.79 Å². The van der Waals surface area contributed by atoms with Crippen molar-refractivity contribution in [1.82, 2.24) is 14.9 Å². The second-order valence-corrected chi connectivity index (χ2v) is 9.70. The first-order valence-electron chi connectivity index (χ1n) is 13.1. The molecule has 0 amide bonds. The van der Waals surface area contributed by atoms with E-state index in [0.717, 1.165) is 67.1 Å². The Labute approximate surface area is 221 Å². The third-order valence-electron chi connectivity index (χ3n) is 7.07. The molecule has 1 saturated heterocycles. The molecule has 0 spiro atoms. The van der Waals surface area contributed by atoms with Gasteiger partial charge in [0, 0.05) is 38.3 Å². The van der Waals surface area contributed by atoms with Crippen LogP contribution in [0.3, 0.4) is 0 Å². The van der Waals surface area contributed by atoms with Crippen molar-refractivity contribution in [2.24, 2.45) is 0 Å². The molecule has 3 heterocycles. The largest absolute Gasteiger partial charge is 0.486 e. The number of hydrogen-bond donors (Lipinski definition) is 0. The van der Waals surface area contributed by atoms with Crippen LogP contribution in [0.4, 0.5) is 5.82 Å². The Hall–Kier alpha value is -4.23. The number of anilines is 1. The lowest BCUT2D eigenvalue weighted by atomic mass is 10.1. The molecule has 1 aliphatic heterocycles. The molecule has 0 atom stereocenters. The van der Waals surface area contributed by atoms with Gasteiger partial charge in [-0.05, 0) is 37.6 Å². The SMILES string of the molecule is Cc1ccc(-c2oc3ccccc3c(=O)c2OCCCN2CCN(c3cnc4ccccc4n3)CC2)cc1. The van der Waals surface area contributed by atoms with Gasteiger partial charge in [0.2, 0.25) is 11.2 Å². The summed E-state index contributed by atoms with van der Waals surface area (Å²) in [6.07, 6.45) is 2.68. The van der Waals surface area contributed by atoms with Crippen LogP contribution in [0.1, 0.15) is 12.0 Å². The van der Waals surface area contributed by atoms with Crippen LogP contribution in [0.15, 0.2) is 88.2 Å². The van der Waals surface area contributed by atoms with E-state index in [2.05, 4.69) is 14.8 Å². The molecule has 2 aromatic heterocycles. The van der Waals surface area contributed by atoms with Crippen LogP contribution < -0.4 is 15.1 Å². The first-order chi connectivity index (χ1) is 18.7. The number of aromatic nitrogens is 2. The number of hydrogen-bond acceptors (Lipinski definition) is 7. The molecule has 7 heteroatoms. The lowest BCUT2D eigenvalue weighted by Crippen LogP contribution is -2.47. The fourth-order valence-corrected chi connectivity index (χ4v) is 4.91. The van der Waals surface area contributed by atoms with Crippen LogP contribution >= 0.6 is 0 Å². The summed E-state index contributed by atoms with van der Waals surface area (Å²) in [6.45, 7) is 7.07. The van der Waals surface area contributed by atoms with Gasteiger partial charge in [-0.3, -0.25) is 14.7 Å². The highest BCUT2D eigenvalue weighted by molar-refractivity contribution is 5.82. The monoisotopic (exact) mass is 506 g/mol. The Kier molecular flexibility index (Phi) is 6.75. The van der Waals surface area contributed by atoms with Gasteiger partial charge in [0.1, 0.15) is 11.4 Å². The predicted molar refractivity (Wildman–Crippen MR) is 151 cm³/mol. The molecular formula is C31H30N4O3. The minimum atomic E-state index is -0.132. The summed E-state index contributed by atoms with van der Waals surface area (Å²) < 4.78 is 12.3. The Morgan fingerprint density at radius 2 is 1.63 bits per heavy atom. The number of aryl methyl sites for hydroxylation is 1. The van der Waals surface area contributed by atoms with Crippen molar-refractivity contribution in [1.29, 1.82) is 0 Å². The van der Waals surface area contributed by atoms with Crippen LogP contribution in [-0.2, 0) is 0 Å². The lowest BCUT2D eigenvalue weighted by Gasteiger charge is -2.35. The molecule has 0 radical (unpaired) electrons. The summed E-state index contributed by atoms with van der Waals surface area (Å²) in [4.78, 5) is 27.4.